The van der Waals surface area contributed by atoms with Crippen LogP contribution in [0.4, 0.5) is 0 Å². The van der Waals surface area contributed by atoms with Gasteiger partial charge >= 0.3 is 5.97 Å². The minimum Gasteiger partial charge on any atom is -0.456 e. The van der Waals surface area contributed by atoms with Crippen molar-refractivity contribution in [2.24, 2.45) is 0 Å². The van der Waals surface area contributed by atoms with E-state index in [4.69, 9.17) is 27.9 Å². The Labute approximate surface area is 186 Å². The standard InChI is InChI=1S/C24H21Cl2NO3/c25-21-12-11-20(13-22(21)26)23(28)17-30-24(29)16-27(14-18-7-3-1-4-8-18)15-19-9-5-2-6-10-19/h1-13H,14-17H2. The number of halogens is 2. The maximum atomic E-state index is 12.4. The Kier molecular flexibility index (Phi) is 8.03. The topological polar surface area (TPSA) is 46.6 Å². The van der Waals surface area contributed by atoms with Crippen molar-refractivity contribution in [2.45, 2.75) is 13.1 Å². The van der Waals surface area contributed by atoms with Crippen LogP contribution in [0.15, 0.2) is 78.9 Å². The molecule has 0 heterocycles. The summed E-state index contributed by atoms with van der Waals surface area (Å²) >= 11 is 11.8. The zero-order valence-corrected chi connectivity index (χ0v) is 17.8. The second kappa shape index (κ2) is 10.9. The number of carbonyl (C=O) groups is 2. The van der Waals surface area contributed by atoms with Crippen molar-refractivity contribution in [3.63, 3.8) is 0 Å². The highest BCUT2D eigenvalue weighted by Gasteiger charge is 2.16. The maximum absolute atomic E-state index is 12.4. The summed E-state index contributed by atoms with van der Waals surface area (Å²) in [5.41, 5.74) is 2.53. The van der Waals surface area contributed by atoms with Crippen LogP contribution in [0.1, 0.15) is 21.5 Å². The highest BCUT2D eigenvalue weighted by Crippen LogP contribution is 2.22. The average molecular weight is 442 g/mol. The van der Waals surface area contributed by atoms with Gasteiger partial charge in [-0.05, 0) is 29.3 Å². The summed E-state index contributed by atoms with van der Waals surface area (Å²) < 4.78 is 5.23. The Balaban J connectivity index is 1.60. The van der Waals surface area contributed by atoms with E-state index in [1.54, 1.807) is 12.1 Å². The van der Waals surface area contributed by atoms with Crippen LogP contribution in [-0.2, 0) is 22.6 Å². The lowest BCUT2D eigenvalue weighted by atomic mass is 10.1. The number of benzene rings is 3. The molecule has 4 nitrogen and oxygen atoms in total. The number of Topliss-reactive ketones (excluding diaryl/α,β-unsaturated/α-hetero) is 1. The van der Waals surface area contributed by atoms with Crippen molar-refractivity contribution in [3.05, 3.63) is 106 Å². The van der Waals surface area contributed by atoms with Gasteiger partial charge < -0.3 is 4.74 Å². The van der Waals surface area contributed by atoms with Crippen molar-refractivity contribution in [2.75, 3.05) is 13.2 Å². The van der Waals surface area contributed by atoms with E-state index < -0.39 is 5.97 Å². The van der Waals surface area contributed by atoms with E-state index in [0.717, 1.165) is 11.1 Å². The second-order valence-electron chi connectivity index (χ2n) is 6.83. The summed E-state index contributed by atoms with van der Waals surface area (Å²) in [5.74, 6) is -0.796. The minimum atomic E-state index is -0.463. The molecule has 3 aromatic carbocycles. The second-order valence-corrected chi connectivity index (χ2v) is 7.64. The van der Waals surface area contributed by atoms with E-state index in [2.05, 4.69) is 0 Å². The molecule has 0 aliphatic heterocycles. The molecule has 0 aliphatic rings. The first-order valence-electron chi connectivity index (χ1n) is 9.45. The lowest BCUT2D eigenvalue weighted by molar-refractivity contribution is -0.144. The van der Waals surface area contributed by atoms with Crippen LogP contribution in [0, 0.1) is 0 Å². The third kappa shape index (κ3) is 6.70. The number of hydrogen-bond acceptors (Lipinski definition) is 4. The van der Waals surface area contributed by atoms with Crippen molar-refractivity contribution in [1.29, 1.82) is 0 Å². The maximum Gasteiger partial charge on any atom is 0.320 e. The van der Waals surface area contributed by atoms with Gasteiger partial charge in [-0.2, -0.15) is 0 Å². The smallest absolute Gasteiger partial charge is 0.320 e. The van der Waals surface area contributed by atoms with Crippen LogP contribution >= 0.6 is 23.2 Å². The molecule has 0 fully saturated rings. The summed E-state index contributed by atoms with van der Waals surface area (Å²) in [7, 11) is 0. The largest absolute Gasteiger partial charge is 0.456 e. The Morgan fingerprint density at radius 3 is 1.87 bits per heavy atom. The molecule has 0 amide bonds. The Hall–Kier alpha value is -2.66. The molecular formula is C24H21Cl2NO3. The number of hydrogen-bond donors (Lipinski definition) is 0. The van der Waals surface area contributed by atoms with Gasteiger partial charge in [0.1, 0.15) is 0 Å². The number of ketones is 1. The summed E-state index contributed by atoms with van der Waals surface area (Å²) in [6.45, 7) is 0.900. The molecule has 30 heavy (non-hydrogen) atoms. The normalized spacial score (nSPS) is 10.8. The molecule has 0 saturated heterocycles. The van der Waals surface area contributed by atoms with E-state index in [9.17, 15) is 9.59 Å². The first-order valence-corrected chi connectivity index (χ1v) is 10.2. The van der Waals surface area contributed by atoms with Gasteiger partial charge in [0.2, 0.25) is 0 Å². The molecule has 0 aromatic heterocycles. The van der Waals surface area contributed by atoms with Crippen LogP contribution in [0.2, 0.25) is 10.0 Å². The van der Waals surface area contributed by atoms with Crippen LogP contribution in [0.3, 0.4) is 0 Å². The van der Waals surface area contributed by atoms with Crippen LogP contribution in [0.25, 0.3) is 0 Å². The first kappa shape index (κ1) is 22.0. The van der Waals surface area contributed by atoms with Crippen LogP contribution in [0.5, 0.6) is 0 Å². The molecular weight excluding hydrogens is 421 g/mol. The third-order valence-corrected chi connectivity index (χ3v) is 5.20. The van der Waals surface area contributed by atoms with Gasteiger partial charge in [0.15, 0.2) is 12.4 Å². The molecule has 3 aromatic rings. The van der Waals surface area contributed by atoms with Crippen molar-refractivity contribution >= 4 is 35.0 Å². The Morgan fingerprint density at radius 1 is 0.767 bits per heavy atom. The average Bonchev–Trinajstić information content (AvgIpc) is 2.75. The number of ether oxygens (including phenoxy) is 1. The fraction of sp³-hybridized carbons (Fsp3) is 0.167. The number of rotatable bonds is 9. The highest BCUT2D eigenvalue weighted by atomic mass is 35.5. The SMILES string of the molecule is O=C(CN(Cc1ccccc1)Cc1ccccc1)OCC(=O)c1ccc(Cl)c(Cl)c1. The summed E-state index contributed by atoms with van der Waals surface area (Å²) in [5, 5.41) is 0.647. The lowest BCUT2D eigenvalue weighted by Gasteiger charge is -2.21. The molecule has 0 spiro atoms. The van der Waals surface area contributed by atoms with Gasteiger partial charge in [-0.25, -0.2) is 0 Å². The molecule has 0 atom stereocenters. The predicted molar refractivity (Wildman–Crippen MR) is 119 cm³/mol. The minimum absolute atomic E-state index is 0.0679. The van der Waals surface area contributed by atoms with E-state index in [-0.39, 0.29) is 24.0 Å². The summed E-state index contributed by atoms with van der Waals surface area (Å²) in [6, 6.07) is 24.4. The fourth-order valence-corrected chi connectivity index (χ4v) is 3.28. The molecule has 0 bridgehead atoms. The van der Waals surface area contributed by atoms with Gasteiger partial charge in [-0.15, -0.1) is 0 Å². The summed E-state index contributed by atoms with van der Waals surface area (Å²) in [6.07, 6.45) is 0. The zero-order valence-electron chi connectivity index (χ0n) is 16.3. The fourth-order valence-electron chi connectivity index (χ4n) is 2.98. The lowest BCUT2D eigenvalue weighted by Crippen LogP contribution is -2.31. The van der Waals surface area contributed by atoms with E-state index in [1.807, 2.05) is 65.6 Å². The molecule has 0 radical (unpaired) electrons. The van der Waals surface area contributed by atoms with E-state index in [1.165, 1.54) is 6.07 Å². The summed E-state index contributed by atoms with van der Waals surface area (Å²) in [4.78, 5) is 26.7. The monoisotopic (exact) mass is 441 g/mol. The van der Waals surface area contributed by atoms with E-state index in [0.29, 0.717) is 23.7 Å². The number of nitrogens with zero attached hydrogens (tertiary/aromatic N) is 1. The molecule has 0 aliphatic carbocycles. The quantitative estimate of drug-likeness (QED) is 0.328. The van der Waals surface area contributed by atoms with Gasteiger partial charge in [-0.3, -0.25) is 14.5 Å². The van der Waals surface area contributed by atoms with Crippen molar-refractivity contribution in [3.8, 4) is 0 Å². The number of esters is 1. The van der Waals surface area contributed by atoms with Gasteiger partial charge in [0.05, 0.1) is 16.6 Å². The van der Waals surface area contributed by atoms with Gasteiger partial charge in [-0.1, -0.05) is 83.9 Å². The molecule has 6 heteroatoms. The van der Waals surface area contributed by atoms with Crippen molar-refractivity contribution < 1.29 is 14.3 Å². The van der Waals surface area contributed by atoms with Crippen LogP contribution < -0.4 is 0 Å². The Morgan fingerprint density at radius 2 is 1.33 bits per heavy atom. The van der Waals surface area contributed by atoms with Gasteiger partial charge in [0, 0.05) is 18.7 Å². The number of carbonyl (C=O) groups excluding carboxylic acids is 2. The molecule has 0 saturated carbocycles. The van der Waals surface area contributed by atoms with Crippen molar-refractivity contribution in [1.82, 2.24) is 4.90 Å². The molecule has 3 rings (SSSR count). The molecule has 0 N–H and O–H groups in total. The Bertz CT molecular complexity index is 952. The van der Waals surface area contributed by atoms with Crippen LogP contribution in [-0.4, -0.2) is 29.8 Å². The zero-order chi connectivity index (χ0) is 21.3. The molecule has 154 valence electrons. The predicted octanol–water partition coefficient (Wildman–Crippen LogP) is 5.42. The molecule has 0 unspecified atom stereocenters. The third-order valence-electron chi connectivity index (χ3n) is 4.46. The van der Waals surface area contributed by atoms with Gasteiger partial charge in [0.25, 0.3) is 0 Å². The highest BCUT2D eigenvalue weighted by molar-refractivity contribution is 6.42. The first-order chi connectivity index (χ1) is 14.5. The van der Waals surface area contributed by atoms with E-state index >= 15 is 0 Å².